The topological polar surface area (TPSA) is 134 Å². The molecule has 1 amide bonds. The Hall–Kier alpha value is -4.53. The van der Waals surface area contributed by atoms with Crippen molar-refractivity contribution >= 4 is 22.8 Å². The molecule has 2 unspecified atom stereocenters. The molecule has 1 aromatic heterocycles. The summed E-state index contributed by atoms with van der Waals surface area (Å²) in [5, 5.41) is 30.1. The van der Waals surface area contributed by atoms with E-state index in [0.29, 0.717) is 16.5 Å². The lowest BCUT2D eigenvalue weighted by Crippen LogP contribution is -2.47. The van der Waals surface area contributed by atoms with E-state index < -0.39 is 29.5 Å². The summed E-state index contributed by atoms with van der Waals surface area (Å²) >= 11 is 0. The van der Waals surface area contributed by atoms with E-state index in [1.165, 1.54) is 12.1 Å². The molecule has 9 nitrogen and oxygen atoms in total. The predicted octanol–water partition coefficient (Wildman–Crippen LogP) is 2.09. The zero-order valence-corrected chi connectivity index (χ0v) is 18.0. The van der Waals surface area contributed by atoms with Gasteiger partial charge in [-0.25, -0.2) is 4.79 Å². The first-order chi connectivity index (χ1) is 16.4. The highest BCUT2D eigenvalue weighted by atomic mass is 16.4. The third kappa shape index (κ3) is 5.09. The number of carboxylic acids is 1. The lowest BCUT2D eigenvalue weighted by atomic mass is 10.0. The van der Waals surface area contributed by atoms with E-state index in [0.717, 1.165) is 10.2 Å². The normalized spacial score (nSPS) is 12.7. The molecule has 0 spiro atoms. The van der Waals surface area contributed by atoms with Gasteiger partial charge in [-0.1, -0.05) is 59.8 Å². The molecule has 0 saturated heterocycles. The summed E-state index contributed by atoms with van der Waals surface area (Å²) in [6.45, 7) is 0. The van der Waals surface area contributed by atoms with Crippen LogP contribution in [0, 0.1) is 0 Å². The van der Waals surface area contributed by atoms with Crippen molar-refractivity contribution in [2.24, 2.45) is 0 Å². The molecule has 0 aliphatic rings. The average Bonchev–Trinajstić information content (AvgIpc) is 2.84. The van der Waals surface area contributed by atoms with Crippen LogP contribution in [-0.4, -0.2) is 43.1 Å². The number of carbonyl (C=O) groups excluding carboxylic acids is 1. The molecule has 3 N–H and O–H groups in total. The molecular weight excluding hydrogens is 436 g/mol. The van der Waals surface area contributed by atoms with E-state index in [-0.39, 0.29) is 18.6 Å². The fourth-order valence-electron chi connectivity index (χ4n) is 3.67. The molecule has 0 radical (unpaired) electrons. The number of aromatic hydroxyl groups is 1. The Morgan fingerprint density at radius 1 is 0.882 bits per heavy atom. The Kier molecular flexibility index (Phi) is 6.63. The number of phenols is 1. The van der Waals surface area contributed by atoms with Gasteiger partial charge in [0.15, 0.2) is 0 Å². The molecule has 0 aliphatic carbocycles. The van der Waals surface area contributed by atoms with E-state index in [9.17, 15) is 24.6 Å². The molecule has 3 aromatic carbocycles. The molecule has 0 bridgehead atoms. The predicted molar refractivity (Wildman–Crippen MR) is 124 cm³/mol. The number of benzene rings is 3. The quantitative estimate of drug-likeness (QED) is 0.368. The zero-order chi connectivity index (χ0) is 24.1. The van der Waals surface area contributed by atoms with Gasteiger partial charge in [0.25, 0.3) is 5.56 Å². The Labute approximate surface area is 194 Å². The van der Waals surface area contributed by atoms with Gasteiger partial charge < -0.3 is 15.5 Å². The lowest BCUT2D eigenvalue weighted by Gasteiger charge is -2.21. The zero-order valence-electron chi connectivity index (χ0n) is 18.0. The van der Waals surface area contributed by atoms with E-state index in [1.807, 2.05) is 30.3 Å². The summed E-state index contributed by atoms with van der Waals surface area (Å²) < 4.78 is 1.00. The Morgan fingerprint density at radius 3 is 2.24 bits per heavy atom. The van der Waals surface area contributed by atoms with Crippen LogP contribution in [0.25, 0.3) is 10.9 Å². The number of carboxylic acid groups (broad SMARTS) is 1. The number of carbonyl (C=O) groups is 2. The van der Waals surface area contributed by atoms with Crippen LogP contribution < -0.4 is 10.9 Å². The second-order valence-electron chi connectivity index (χ2n) is 7.83. The van der Waals surface area contributed by atoms with E-state index >= 15 is 0 Å². The number of fused-ring (bicyclic) bond motifs is 1. The summed E-state index contributed by atoms with van der Waals surface area (Å²) in [4.78, 5) is 38.4. The SMILES string of the molecule is O=C(O)C(Cc1ccc(O)cc1)NC(=O)C(Cc1ccccc1)n1nnc2ccccc2c1=O. The summed E-state index contributed by atoms with van der Waals surface area (Å²) in [6.07, 6.45) is 0.114. The first-order valence-corrected chi connectivity index (χ1v) is 10.6. The molecule has 0 fully saturated rings. The Morgan fingerprint density at radius 2 is 1.53 bits per heavy atom. The molecule has 172 valence electrons. The molecule has 34 heavy (non-hydrogen) atoms. The number of hydrogen-bond donors (Lipinski definition) is 3. The van der Waals surface area contributed by atoms with Crippen LogP contribution in [0.3, 0.4) is 0 Å². The van der Waals surface area contributed by atoms with Crippen molar-refractivity contribution in [1.82, 2.24) is 20.3 Å². The van der Waals surface area contributed by atoms with Gasteiger partial charge in [0.05, 0.1) is 5.39 Å². The van der Waals surface area contributed by atoms with E-state index in [1.54, 1.807) is 36.4 Å². The van der Waals surface area contributed by atoms with E-state index in [2.05, 4.69) is 15.6 Å². The standard InChI is InChI=1S/C25H22N4O5/c30-18-12-10-17(11-13-18)14-21(25(33)34)26-23(31)22(15-16-6-2-1-3-7-16)29-24(32)19-8-4-5-9-20(19)27-28-29/h1-13,21-22,30H,14-15H2,(H,26,31)(H,33,34). The fourth-order valence-corrected chi connectivity index (χ4v) is 3.67. The summed E-state index contributed by atoms with van der Waals surface area (Å²) in [7, 11) is 0. The number of nitrogens with one attached hydrogen (secondary N) is 1. The Bertz CT molecular complexity index is 1370. The minimum atomic E-state index is -1.25. The van der Waals surface area contributed by atoms with Gasteiger partial charge in [-0.3, -0.25) is 9.59 Å². The molecule has 0 aliphatic heterocycles. The average molecular weight is 458 g/mol. The second-order valence-corrected chi connectivity index (χ2v) is 7.83. The minimum Gasteiger partial charge on any atom is -0.508 e. The largest absolute Gasteiger partial charge is 0.508 e. The van der Waals surface area contributed by atoms with Crippen molar-refractivity contribution in [2.75, 3.05) is 0 Å². The second kappa shape index (κ2) is 9.95. The number of rotatable bonds is 8. The Balaban J connectivity index is 1.67. The van der Waals surface area contributed by atoms with Gasteiger partial charge in [0, 0.05) is 12.8 Å². The molecular formula is C25H22N4O5. The molecule has 4 aromatic rings. The van der Waals surface area contributed by atoms with Gasteiger partial charge in [-0.2, -0.15) is 4.68 Å². The summed E-state index contributed by atoms with van der Waals surface area (Å²) in [5.41, 5.74) is 1.30. The van der Waals surface area contributed by atoms with Crippen LogP contribution in [0.1, 0.15) is 17.2 Å². The van der Waals surface area contributed by atoms with Crippen LogP contribution in [-0.2, 0) is 22.4 Å². The van der Waals surface area contributed by atoms with Crippen LogP contribution in [0.2, 0.25) is 0 Å². The van der Waals surface area contributed by atoms with Crippen molar-refractivity contribution < 1.29 is 19.8 Å². The minimum absolute atomic E-state index is 0.00227. The van der Waals surface area contributed by atoms with Gasteiger partial charge >= 0.3 is 5.97 Å². The van der Waals surface area contributed by atoms with Crippen LogP contribution in [0.4, 0.5) is 0 Å². The van der Waals surface area contributed by atoms with Gasteiger partial charge in [0.2, 0.25) is 5.91 Å². The van der Waals surface area contributed by atoms with Crippen molar-refractivity contribution in [1.29, 1.82) is 0 Å². The molecule has 1 heterocycles. The van der Waals surface area contributed by atoms with Gasteiger partial charge in [-0.15, -0.1) is 5.10 Å². The first-order valence-electron chi connectivity index (χ1n) is 10.6. The highest BCUT2D eigenvalue weighted by Crippen LogP contribution is 2.16. The summed E-state index contributed by atoms with van der Waals surface area (Å²) in [6, 6.07) is 19.4. The van der Waals surface area contributed by atoms with Gasteiger partial charge in [0.1, 0.15) is 23.3 Å². The molecule has 2 atom stereocenters. The maximum Gasteiger partial charge on any atom is 0.326 e. The third-order valence-electron chi connectivity index (χ3n) is 5.45. The lowest BCUT2D eigenvalue weighted by molar-refractivity contribution is -0.142. The number of phenolic OH excluding ortho intramolecular Hbond substituents is 1. The van der Waals surface area contributed by atoms with Crippen LogP contribution in [0.5, 0.6) is 5.75 Å². The highest BCUT2D eigenvalue weighted by molar-refractivity contribution is 5.86. The first kappa shape index (κ1) is 22.7. The number of nitrogens with zero attached hydrogens (tertiary/aromatic N) is 3. The highest BCUT2D eigenvalue weighted by Gasteiger charge is 2.29. The van der Waals surface area contributed by atoms with Gasteiger partial charge in [-0.05, 0) is 35.4 Å². The van der Waals surface area contributed by atoms with Crippen LogP contribution >= 0.6 is 0 Å². The summed E-state index contributed by atoms with van der Waals surface area (Å²) in [5.74, 6) is -1.84. The van der Waals surface area contributed by atoms with Crippen molar-refractivity contribution in [3.05, 3.63) is 100 Å². The number of hydrogen-bond acceptors (Lipinski definition) is 6. The molecule has 0 saturated carbocycles. The van der Waals surface area contributed by atoms with Crippen molar-refractivity contribution in [3.63, 3.8) is 0 Å². The third-order valence-corrected chi connectivity index (χ3v) is 5.45. The maximum absolute atomic E-state index is 13.4. The molecule has 4 rings (SSSR count). The fraction of sp³-hybridized carbons (Fsp3) is 0.160. The maximum atomic E-state index is 13.4. The smallest absolute Gasteiger partial charge is 0.326 e. The number of amides is 1. The number of aliphatic carboxylic acids is 1. The van der Waals surface area contributed by atoms with Crippen molar-refractivity contribution in [2.45, 2.75) is 24.9 Å². The monoisotopic (exact) mass is 458 g/mol. The van der Waals surface area contributed by atoms with Crippen molar-refractivity contribution in [3.8, 4) is 5.75 Å². The molecule has 9 heteroatoms. The van der Waals surface area contributed by atoms with Crippen LogP contribution in [0.15, 0.2) is 83.7 Å². The van der Waals surface area contributed by atoms with E-state index in [4.69, 9.17) is 0 Å². The number of aromatic nitrogens is 3.